The Kier molecular flexibility index (Phi) is 3.60. The predicted molar refractivity (Wildman–Crippen MR) is 56.8 cm³/mol. The molecule has 0 aromatic carbocycles. The van der Waals surface area contributed by atoms with Crippen molar-refractivity contribution >= 4 is 11.8 Å². The van der Waals surface area contributed by atoms with Crippen molar-refractivity contribution in [3.8, 4) is 0 Å². The molecule has 0 saturated carbocycles. The van der Waals surface area contributed by atoms with Crippen LogP contribution < -0.4 is 5.32 Å². The number of aliphatic carboxylic acids is 1. The molecular formula is C10H15N3O2. The SMILES string of the molecule is Cc1ncc(NCC(C)C(=O)O)nc1C. The van der Waals surface area contributed by atoms with Crippen molar-refractivity contribution in [2.75, 3.05) is 11.9 Å². The first kappa shape index (κ1) is 11.4. The molecule has 0 spiro atoms. The van der Waals surface area contributed by atoms with E-state index < -0.39 is 11.9 Å². The van der Waals surface area contributed by atoms with E-state index in [0.29, 0.717) is 12.4 Å². The average Bonchev–Trinajstić information content (AvgIpc) is 2.19. The van der Waals surface area contributed by atoms with E-state index in [4.69, 9.17) is 5.11 Å². The van der Waals surface area contributed by atoms with Gasteiger partial charge in [0.1, 0.15) is 5.82 Å². The predicted octanol–water partition coefficient (Wildman–Crippen LogP) is 1.23. The Bertz CT molecular complexity index is 366. The molecule has 0 saturated heterocycles. The molecule has 0 bridgehead atoms. The van der Waals surface area contributed by atoms with Crippen molar-refractivity contribution in [1.82, 2.24) is 9.97 Å². The zero-order chi connectivity index (χ0) is 11.4. The summed E-state index contributed by atoms with van der Waals surface area (Å²) < 4.78 is 0. The second kappa shape index (κ2) is 4.72. The fraction of sp³-hybridized carbons (Fsp3) is 0.500. The van der Waals surface area contributed by atoms with E-state index in [0.717, 1.165) is 11.4 Å². The lowest BCUT2D eigenvalue weighted by atomic mass is 10.2. The minimum absolute atomic E-state index is 0.354. The average molecular weight is 209 g/mol. The highest BCUT2D eigenvalue weighted by atomic mass is 16.4. The van der Waals surface area contributed by atoms with E-state index in [-0.39, 0.29) is 0 Å². The first-order valence-corrected chi connectivity index (χ1v) is 4.77. The fourth-order valence-corrected chi connectivity index (χ4v) is 0.972. The Balaban J connectivity index is 2.58. The van der Waals surface area contributed by atoms with E-state index in [2.05, 4.69) is 15.3 Å². The van der Waals surface area contributed by atoms with Gasteiger partial charge >= 0.3 is 5.97 Å². The van der Waals surface area contributed by atoms with E-state index in [1.54, 1.807) is 13.1 Å². The molecule has 1 rings (SSSR count). The Hall–Kier alpha value is -1.65. The van der Waals surface area contributed by atoms with Gasteiger partial charge in [0.25, 0.3) is 0 Å². The van der Waals surface area contributed by atoms with Crippen molar-refractivity contribution in [3.05, 3.63) is 17.6 Å². The third-order valence-electron chi connectivity index (χ3n) is 2.20. The summed E-state index contributed by atoms with van der Waals surface area (Å²) in [5, 5.41) is 11.6. The van der Waals surface area contributed by atoms with Gasteiger partial charge in [-0.05, 0) is 13.8 Å². The Morgan fingerprint density at radius 3 is 2.73 bits per heavy atom. The molecule has 0 amide bonds. The molecule has 0 radical (unpaired) electrons. The Labute approximate surface area is 88.6 Å². The van der Waals surface area contributed by atoms with Crippen LogP contribution in [0.3, 0.4) is 0 Å². The van der Waals surface area contributed by atoms with Crippen LogP contribution in [0.15, 0.2) is 6.20 Å². The number of nitrogens with one attached hydrogen (secondary N) is 1. The zero-order valence-electron chi connectivity index (χ0n) is 9.11. The summed E-state index contributed by atoms with van der Waals surface area (Å²) in [7, 11) is 0. The van der Waals surface area contributed by atoms with Gasteiger partial charge in [-0.1, -0.05) is 6.92 Å². The highest BCUT2D eigenvalue weighted by Gasteiger charge is 2.10. The lowest BCUT2D eigenvalue weighted by Gasteiger charge is -2.09. The summed E-state index contributed by atoms with van der Waals surface area (Å²) in [5.41, 5.74) is 1.73. The highest BCUT2D eigenvalue weighted by molar-refractivity contribution is 5.70. The van der Waals surface area contributed by atoms with Gasteiger partial charge < -0.3 is 10.4 Å². The number of carboxylic acid groups (broad SMARTS) is 1. The molecule has 5 nitrogen and oxygen atoms in total. The van der Waals surface area contributed by atoms with Crippen LogP contribution in [-0.4, -0.2) is 27.6 Å². The molecule has 82 valence electrons. The molecule has 1 aromatic rings. The molecule has 0 aliphatic heterocycles. The maximum absolute atomic E-state index is 10.6. The molecule has 1 atom stereocenters. The van der Waals surface area contributed by atoms with Crippen LogP contribution in [0.4, 0.5) is 5.82 Å². The number of aryl methyl sites for hydroxylation is 2. The summed E-state index contributed by atoms with van der Waals surface area (Å²) in [5.74, 6) is -0.640. The first-order chi connectivity index (χ1) is 7.00. The minimum Gasteiger partial charge on any atom is -0.481 e. The summed E-state index contributed by atoms with van der Waals surface area (Å²) in [6.07, 6.45) is 1.61. The van der Waals surface area contributed by atoms with Crippen LogP contribution in [-0.2, 0) is 4.79 Å². The second-order valence-corrected chi connectivity index (χ2v) is 3.55. The van der Waals surface area contributed by atoms with Crippen molar-refractivity contribution in [2.45, 2.75) is 20.8 Å². The number of carbonyl (C=O) groups is 1. The smallest absolute Gasteiger partial charge is 0.308 e. The number of rotatable bonds is 4. The van der Waals surface area contributed by atoms with Gasteiger partial charge in [0, 0.05) is 6.54 Å². The molecule has 0 aliphatic rings. The monoisotopic (exact) mass is 209 g/mol. The molecule has 1 aromatic heterocycles. The fourth-order valence-electron chi connectivity index (χ4n) is 0.972. The highest BCUT2D eigenvalue weighted by Crippen LogP contribution is 2.06. The molecule has 2 N–H and O–H groups in total. The Morgan fingerprint density at radius 1 is 1.53 bits per heavy atom. The lowest BCUT2D eigenvalue weighted by molar-refractivity contribution is -0.140. The molecule has 1 unspecified atom stereocenters. The van der Waals surface area contributed by atoms with Crippen molar-refractivity contribution in [2.24, 2.45) is 5.92 Å². The first-order valence-electron chi connectivity index (χ1n) is 4.77. The van der Waals surface area contributed by atoms with E-state index in [9.17, 15) is 4.79 Å². The summed E-state index contributed by atoms with van der Waals surface area (Å²) in [6.45, 7) is 5.75. The van der Waals surface area contributed by atoms with E-state index in [1.807, 2.05) is 13.8 Å². The van der Waals surface area contributed by atoms with Crippen molar-refractivity contribution in [1.29, 1.82) is 0 Å². The number of aromatic nitrogens is 2. The molecule has 5 heteroatoms. The minimum atomic E-state index is -0.820. The Morgan fingerprint density at radius 2 is 2.20 bits per heavy atom. The van der Waals surface area contributed by atoms with Crippen LogP contribution in [0.1, 0.15) is 18.3 Å². The quantitative estimate of drug-likeness (QED) is 0.780. The topological polar surface area (TPSA) is 75.1 Å². The largest absolute Gasteiger partial charge is 0.481 e. The number of anilines is 1. The third-order valence-corrected chi connectivity index (χ3v) is 2.20. The molecule has 0 aliphatic carbocycles. The van der Waals surface area contributed by atoms with Gasteiger partial charge in [0.05, 0.1) is 23.5 Å². The van der Waals surface area contributed by atoms with Gasteiger partial charge in [0.15, 0.2) is 0 Å². The van der Waals surface area contributed by atoms with Gasteiger partial charge in [-0.15, -0.1) is 0 Å². The lowest BCUT2D eigenvalue weighted by Crippen LogP contribution is -2.20. The molecule has 0 fully saturated rings. The maximum atomic E-state index is 10.6. The normalized spacial score (nSPS) is 12.2. The summed E-state index contributed by atoms with van der Waals surface area (Å²) >= 11 is 0. The van der Waals surface area contributed by atoms with Gasteiger partial charge in [-0.25, -0.2) is 4.98 Å². The molecule has 15 heavy (non-hydrogen) atoms. The number of nitrogens with zero attached hydrogens (tertiary/aromatic N) is 2. The van der Waals surface area contributed by atoms with Crippen LogP contribution in [0.25, 0.3) is 0 Å². The van der Waals surface area contributed by atoms with Gasteiger partial charge in [-0.3, -0.25) is 9.78 Å². The number of hydrogen-bond donors (Lipinski definition) is 2. The third kappa shape index (κ3) is 3.19. The van der Waals surface area contributed by atoms with E-state index >= 15 is 0 Å². The molecule has 1 heterocycles. The standard InChI is InChI=1S/C10H15N3O2/c1-6(10(14)15)4-12-9-5-11-7(2)8(3)13-9/h5-6H,4H2,1-3H3,(H,12,13)(H,14,15). The van der Waals surface area contributed by atoms with E-state index in [1.165, 1.54) is 0 Å². The number of carboxylic acids is 1. The zero-order valence-corrected chi connectivity index (χ0v) is 9.11. The maximum Gasteiger partial charge on any atom is 0.308 e. The summed E-state index contributed by atoms with van der Waals surface area (Å²) in [6, 6.07) is 0. The van der Waals surface area contributed by atoms with Gasteiger partial charge in [-0.2, -0.15) is 0 Å². The number of hydrogen-bond acceptors (Lipinski definition) is 4. The molecular weight excluding hydrogens is 194 g/mol. The van der Waals surface area contributed by atoms with Crippen LogP contribution in [0.5, 0.6) is 0 Å². The van der Waals surface area contributed by atoms with Crippen LogP contribution in [0, 0.1) is 19.8 Å². The second-order valence-electron chi connectivity index (χ2n) is 3.55. The van der Waals surface area contributed by atoms with Crippen molar-refractivity contribution in [3.63, 3.8) is 0 Å². The van der Waals surface area contributed by atoms with Gasteiger partial charge in [0.2, 0.25) is 0 Å². The van der Waals surface area contributed by atoms with Crippen molar-refractivity contribution < 1.29 is 9.90 Å². The van der Waals surface area contributed by atoms with Crippen LogP contribution in [0.2, 0.25) is 0 Å². The summed E-state index contributed by atoms with van der Waals surface area (Å²) in [4.78, 5) is 18.9. The van der Waals surface area contributed by atoms with Crippen LogP contribution >= 0.6 is 0 Å².